The van der Waals surface area contributed by atoms with E-state index < -0.39 is 0 Å². The van der Waals surface area contributed by atoms with Crippen LogP contribution in [0.25, 0.3) is 0 Å². The molecule has 2 aromatic rings. The summed E-state index contributed by atoms with van der Waals surface area (Å²) in [5.41, 5.74) is 4.29. The molecule has 3 heterocycles. The molecule has 0 aliphatic carbocycles. The number of rotatable bonds is 4. The summed E-state index contributed by atoms with van der Waals surface area (Å²) in [6, 6.07) is 7.33. The lowest BCUT2D eigenvalue weighted by Crippen LogP contribution is -2.32. The molecular formula is C13H14N4O2. The third-order valence-corrected chi connectivity index (χ3v) is 2.74. The van der Waals surface area contributed by atoms with Gasteiger partial charge in [-0.15, -0.1) is 10.2 Å². The third-order valence-electron chi connectivity index (χ3n) is 2.74. The van der Waals surface area contributed by atoms with Crippen LogP contribution in [0.1, 0.15) is 12.7 Å². The Hall–Kier alpha value is -2.50. The molecule has 0 atom stereocenters. The summed E-state index contributed by atoms with van der Waals surface area (Å²) in [5, 5.41) is 10.1. The standard InChI is InChI=1S/C13H14N4O2/c1-10-6-7-17(16-10)12-4-5-13(15-14-12)19-9-11-3-2-8-18-11/h2-6,8,16H,7,9H2,1H3. The number of hydrogen-bond donors (Lipinski definition) is 1. The first-order valence-corrected chi connectivity index (χ1v) is 6.01. The molecule has 2 aromatic heterocycles. The van der Waals surface area contributed by atoms with Crippen molar-refractivity contribution in [1.29, 1.82) is 0 Å². The summed E-state index contributed by atoms with van der Waals surface area (Å²) in [6.45, 7) is 3.14. The summed E-state index contributed by atoms with van der Waals surface area (Å²) < 4.78 is 10.6. The van der Waals surface area contributed by atoms with E-state index in [-0.39, 0.29) is 0 Å². The number of hydrogen-bond acceptors (Lipinski definition) is 6. The maximum atomic E-state index is 5.47. The quantitative estimate of drug-likeness (QED) is 0.903. The molecule has 3 rings (SSSR count). The van der Waals surface area contributed by atoms with Gasteiger partial charge >= 0.3 is 0 Å². The van der Waals surface area contributed by atoms with Gasteiger partial charge in [-0.2, -0.15) is 0 Å². The van der Waals surface area contributed by atoms with Gasteiger partial charge in [-0.25, -0.2) is 0 Å². The van der Waals surface area contributed by atoms with Crippen molar-refractivity contribution in [2.75, 3.05) is 11.6 Å². The molecule has 0 saturated heterocycles. The number of ether oxygens (including phenoxy) is 1. The van der Waals surface area contributed by atoms with E-state index in [4.69, 9.17) is 9.15 Å². The molecule has 98 valence electrons. The Morgan fingerprint density at radius 3 is 2.95 bits per heavy atom. The summed E-state index contributed by atoms with van der Waals surface area (Å²) >= 11 is 0. The summed E-state index contributed by atoms with van der Waals surface area (Å²) in [6.07, 6.45) is 3.70. The van der Waals surface area contributed by atoms with Gasteiger partial charge in [0.05, 0.1) is 12.8 Å². The van der Waals surface area contributed by atoms with Gasteiger partial charge in [0.25, 0.3) is 0 Å². The topological polar surface area (TPSA) is 63.4 Å². The van der Waals surface area contributed by atoms with Gasteiger partial charge in [0, 0.05) is 11.8 Å². The highest BCUT2D eigenvalue weighted by atomic mass is 16.5. The first-order valence-electron chi connectivity index (χ1n) is 6.01. The zero-order valence-corrected chi connectivity index (χ0v) is 10.5. The van der Waals surface area contributed by atoms with E-state index >= 15 is 0 Å². The summed E-state index contributed by atoms with van der Waals surface area (Å²) in [4.78, 5) is 0. The molecule has 1 N–H and O–H groups in total. The van der Waals surface area contributed by atoms with E-state index in [9.17, 15) is 0 Å². The Balaban J connectivity index is 1.60. The second kappa shape index (κ2) is 5.01. The molecule has 0 spiro atoms. The average Bonchev–Trinajstić information content (AvgIpc) is 3.08. The highest BCUT2D eigenvalue weighted by Crippen LogP contribution is 2.15. The molecular weight excluding hydrogens is 244 g/mol. The molecule has 0 saturated carbocycles. The van der Waals surface area contributed by atoms with Crippen LogP contribution >= 0.6 is 0 Å². The maximum absolute atomic E-state index is 5.47. The van der Waals surface area contributed by atoms with Crippen molar-refractivity contribution in [3.05, 3.63) is 48.1 Å². The van der Waals surface area contributed by atoms with Crippen LogP contribution in [0.3, 0.4) is 0 Å². The third kappa shape index (κ3) is 2.67. The van der Waals surface area contributed by atoms with E-state index in [0.29, 0.717) is 12.5 Å². The molecule has 0 fully saturated rings. The van der Waals surface area contributed by atoms with E-state index in [0.717, 1.165) is 23.8 Å². The molecule has 19 heavy (non-hydrogen) atoms. The van der Waals surface area contributed by atoms with Gasteiger partial charge in [0.1, 0.15) is 12.4 Å². The van der Waals surface area contributed by atoms with E-state index in [1.165, 1.54) is 0 Å². The van der Waals surface area contributed by atoms with Crippen LogP contribution in [0, 0.1) is 0 Å². The lowest BCUT2D eigenvalue weighted by molar-refractivity contribution is 0.258. The van der Waals surface area contributed by atoms with Crippen LogP contribution in [0.5, 0.6) is 5.88 Å². The van der Waals surface area contributed by atoms with E-state index in [1.54, 1.807) is 12.3 Å². The number of hydrazine groups is 1. The number of furan rings is 1. The lowest BCUT2D eigenvalue weighted by atomic mass is 10.4. The van der Waals surface area contributed by atoms with Crippen LogP contribution in [-0.4, -0.2) is 16.7 Å². The van der Waals surface area contributed by atoms with Crippen LogP contribution in [0.2, 0.25) is 0 Å². The van der Waals surface area contributed by atoms with Crippen LogP contribution in [0.4, 0.5) is 5.82 Å². The Labute approximate surface area is 110 Å². The highest BCUT2D eigenvalue weighted by molar-refractivity contribution is 5.40. The van der Waals surface area contributed by atoms with Crippen molar-refractivity contribution >= 4 is 5.82 Å². The molecule has 0 radical (unpaired) electrons. The minimum absolute atomic E-state index is 0.351. The van der Waals surface area contributed by atoms with Gasteiger partial charge in [-0.1, -0.05) is 0 Å². The van der Waals surface area contributed by atoms with Crippen molar-refractivity contribution in [2.24, 2.45) is 0 Å². The predicted octanol–water partition coefficient (Wildman–Crippen LogP) is 1.88. The monoisotopic (exact) mass is 258 g/mol. The zero-order valence-electron chi connectivity index (χ0n) is 10.5. The Morgan fingerprint density at radius 2 is 2.32 bits per heavy atom. The fourth-order valence-corrected chi connectivity index (χ4v) is 1.76. The normalized spacial score (nSPS) is 14.2. The van der Waals surface area contributed by atoms with E-state index in [2.05, 4.69) is 21.7 Å². The molecule has 0 aromatic carbocycles. The van der Waals surface area contributed by atoms with Gasteiger partial charge in [-0.05, 0) is 31.2 Å². The smallest absolute Gasteiger partial charge is 0.233 e. The first kappa shape index (κ1) is 11.6. The number of nitrogens with zero attached hydrogens (tertiary/aromatic N) is 3. The van der Waals surface area contributed by atoms with Crippen LogP contribution in [-0.2, 0) is 6.61 Å². The van der Waals surface area contributed by atoms with Gasteiger partial charge in [0.2, 0.25) is 5.88 Å². The average molecular weight is 258 g/mol. The van der Waals surface area contributed by atoms with Gasteiger partial charge < -0.3 is 14.6 Å². The second-order valence-electron chi connectivity index (χ2n) is 4.21. The van der Waals surface area contributed by atoms with Crippen molar-refractivity contribution < 1.29 is 9.15 Å². The minimum atomic E-state index is 0.351. The fourth-order valence-electron chi connectivity index (χ4n) is 1.76. The molecule has 6 heteroatoms. The van der Waals surface area contributed by atoms with Gasteiger partial charge in [0.15, 0.2) is 5.82 Å². The van der Waals surface area contributed by atoms with Crippen molar-refractivity contribution in [3.63, 3.8) is 0 Å². The second-order valence-corrected chi connectivity index (χ2v) is 4.21. The summed E-state index contributed by atoms with van der Waals surface area (Å²) in [7, 11) is 0. The molecule has 0 bridgehead atoms. The van der Waals surface area contributed by atoms with Crippen LogP contribution < -0.4 is 15.2 Å². The Morgan fingerprint density at radius 1 is 1.37 bits per heavy atom. The predicted molar refractivity (Wildman–Crippen MR) is 69.3 cm³/mol. The molecule has 1 aliphatic heterocycles. The lowest BCUT2D eigenvalue weighted by Gasteiger charge is -2.17. The van der Waals surface area contributed by atoms with Crippen LogP contribution in [0.15, 0.2) is 46.7 Å². The Bertz CT molecular complexity index is 563. The van der Waals surface area contributed by atoms with Crippen molar-refractivity contribution in [3.8, 4) is 5.88 Å². The molecule has 6 nitrogen and oxygen atoms in total. The Kier molecular flexibility index (Phi) is 3.06. The van der Waals surface area contributed by atoms with Crippen molar-refractivity contribution in [1.82, 2.24) is 15.6 Å². The number of allylic oxidation sites excluding steroid dienone is 1. The minimum Gasteiger partial charge on any atom is -0.468 e. The number of anilines is 1. The maximum Gasteiger partial charge on any atom is 0.233 e. The summed E-state index contributed by atoms with van der Waals surface area (Å²) in [5.74, 6) is 1.99. The van der Waals surface area contributed by atoms with Crippen molar-refractivity contribution in [2.45, 2.75) is 13.5 Å². The van der Waals surface area contributed by atoms with E-state index in [1.807, 2.05) is 30.1 Å². The number of aromatic nitrogens is 2. The zero-order chi connectivity index (χ0) is 13.1. The fraction of sp³-hybridized carbons (Fsp3) is 0.231. The van der Waals surface area contributed by atoms with Gasteiger partial charge in [-0.3, -0.25) is 5.01 Å². The molecule has 0 amide bonds. The molecule has 1 aliphatic rings. The largest absolute Gasteiger partial charge is 0.468 e. The SMILES string of the molecule is CC1=CCN(c2ccc(OCc3ccco3)nn2)N1. The first-order chi connectivity index (χ1) is 9.31. The highest BCUT2D eigenvalue weighted by Gasteiger charge is 2.12. The molecule has 0 unspecified atom stereocenters. The number of nitrogens with one attached hydrogen (secondary N) is 1.